The van der Waals surface area contributed by atoms with E-state index in [-0.39, 0.29) is 18.4 Å². The Morgan fingerprint density at radius 3 is 2.86 bits per heavy atom. The van der Waals surface area contributed by atoms with Crippen LogP contribution in [0.15, 0.2) is 35.7 Å². The number of nitrogens with zero attached hydrogens (tertiary/aromatic N) is 2. The van der Waals surface area contributed by atoms with Gasteiger partial charge in [0.05, 0.1) is 22.5 Å². The number of rotatable bonds is 8. The zero-order chi connectivity index (χ0) is 20.0. The lowest BCUT2D eigenvalue weighted by atomic mass is 10.2. The summed E-state index contributed by atoms with van der Waals surface area (Å²) in [5.74, 6) is -0.108. The minimum absolute atomic E-state index is 0.108. The molecule has 1 aliphatic heterocycles. The number of benzene rings is 1. The van der Waals surface area contributed by atoms with Crippen LogP contribution < -0.4 is 4.72 Å². The van der Waals surface area contributed by atoms with Crippen LogP contribution in [-0.2, 0) is 27.8 Å². The number of nitrogens with one attached hydrogen (secondary N) is 1. The van der Waals surface area contributed by atoms with Gasteiger partial charge in [-0.25, -0.2) is 22.9 Å². The van der Waals surface area contributed by atoms with Crippen LogP contribution >= 0.6 is 11.3 Å². The van der Waals surface area contributed by atoms with Crippen molar-refractivity contribution in [1.29, 1.82) is 0 Å². The molecular weight excluding hydrogens is 398 g/mol. The SMILES string of the molecule is Cc1nc(CCNS(=O)(=O)CC2CCCN2C(=O)OCc2ccccc2)cs1. The molecule has 1 aromatic carbocycles. The third-order valence-corrected chi connectivity index (χ3v) is 6.89. The topological polar surface area (TPSA) is 88.6 Å². The third kappa shape index (κ3) is 6.02. The molecule has 0 spiro atoms. The van der Waals surface area contributed by atoms with E-state index < -0.39 is 16.1 Å². The van der Waals surface area contributed by atoms with Gasteiger partial charge in [0.15, 0.2) is 0 Å². The van der Waals surface area contributed by atoms with Crippen molar-refractivity contribution in [3.05, 3.63) is 52.0 Å². The zero-order valence-corrected chi connectivity index (χ0v) is 17.5. The molecule has 1 saturated heterocycles. The van der Waals surface area contributed by atoms with E-state index >= 15 is 0 Å². The van der Waals surface area contributed by atoms with Crippen LogP contribution in [0.2, 0.25) is 0 Å². The van der Waals surface area contributed by atoms with Crippen LogP contribution in [0.3, 0.4) is 0 Å². The Hall–Kier alpha value is -1.97. The molecular formula is C19H25N3O4S2. The van der Waals surface area contributed by atoms with Crippen molar-refractivity contribution in [2.24, 2.45) is 0 Å². The molecule has 0 aliphatic carbocycles. The second kappa shape index (κ2) is 9.49. The molecule has 0 bridgehead atoms. The highest BCUT2D eigenvalue weighted by atomic mass is 32.2. The fourth-order valence-corrected chi connectivity index (χ4v) is 5.25. The summed E-state index contributed by atoms with van der Waals surface area (Å²) in [5, 5.41) is 2.90. The van der Waals surface area contributed by atoms with E-state index in [0.29, 0.717) is 25.9 Å². The first-order valence-corrected chi connectivity index (χ1v) is 11.8. The smallest absolute Gasteiger partial charge is 0.410 e. The molecule has 1 N–H and O–H groups in total. The van der Waals surface area contributed by atoms with Crippen LogP contribution in [0.5, 0.6) is 0 Å². The molecule has 2 heterocycles. The predicted molar refractivity (Wildman–Crippen MR) is 109 cm³/mol. The Bertz CT molecular complexity index is 884. The number of thiazole rings is 1. The summed E-state index contributed by atoms with van der Waals surface area (Å²) < 4.78 is 32.8. The fraction of sp³-hybridized carbons (Fsp3) is 0.474. The number of aromatic nitrogens is 1. The minimum Gasteiger partial charge on any atom is -0.445 e. The Morgan fingerprint density at radius 2 is 2.14 bits per heavy atom. The molecule has 152 valence electrons. The summed E-state index contributed by atoms with van der Waals surface area (Å²) >= 11 is 1.55. The molecule has 1 aliphatic rings. The van der Waals surface area contributed by atoms with Gasteiger partial charge >= 0.3 is 6.09 Å². The van der Waals surface area contributed by atoms with Gasteiger partial charge < -0.3 is 9.64 Å². The van der Waals surface area contributed by atoms with Gasteiger partial charge in [0, 0.05) is 24.9 Å². The van der Waals surface area contributed by atoms with E-state index in [1.807, 2.05) is 42.6 Å². The molecule has 2 aromatic rings. The molecule has 1 fully saturated rings. The van der Waals surface area contributed by atoms with E-state index in [9.17, 15) is 13.2 Å². The van der Waals surface area contributed by atoms with E-state index in [1.165, 1.54) is 4.90 Å². The fourth-order valence-electron chi connectivity index (χ4n) is 3.22. The van der Waals surface area contributed by atoms with Gasteiger partial charge in [-0.3, -0.25) is 0 Å². The molecule has 0 radical (unpaired) electrons. The van der Waals surface area contributed by atoms with Crippen molar-refractivity contribution in [2.45, 2.75) is 38.8 Å². The van der Waals surface area contributed by atoms with Crippen LogP contribution in [0.1, 0.15) is 29.1 Å². The number of carbonyl (C=O) groups is 1. The maximum Gasteiger partial charge on any atom is 0.410 e. The number of aryl methyl sites for hydroxylation is 1. The van der Waals surface area contributed by atoms with E-state index in [2.05, 4.69) is 9.71 Å². The summed E-state index contributed by atoms with van der Waals surface area (Å²) in [7, 11) is -3.49. The number of likely N-dealkylation sites (tertiary alicyclic amines) is 1. The van der Waals surface area contributed by atoms with Gasteiger partial charge in [0.25, 0.3) is 0 Å². The summed E-state index contributed by atoms with van der Waals surface area (Å²) in [6.45, 7) is 2.92. The van der Waals surface area contributed by atoms with Crippen molar-refractivity contribution in [1.82, 2.24) is 14.6 Å². The lowest BCUT2D eigenvalue weighted by Gasteiger charge is -2.24. The maximum absolute atomic E-state index is 12.4. The second-order valence-corrected chi connectivity index (χ2v) is 9.73. The highest BCUT2D eigenvalue weighted by Crippen LogP contribution is 2.20. The predicted octanol–water partition coefficient (Wildman–Crippen LogP) is 2.71. The summed E-state index contributed by atoms with van der Waals surface area (Å²) in [5.41, 5.74) is 1.79. The first kappa shape index (κ1) is 20.8. The number of carbonyl (C=O) groups excluding carboxylic acids is 1. The van der Waals surface area contributed by atoms with Gasteiger partial charge in [-0.05, 0) is 25.3 Å². The van der Waals surface area contributed by atoms with Crippen molar-refractivity contribution in [3.8, 4) is 0 Å². The Labute approximate surface area is 169 Å². The second-order valence-electron chi connectivity index (χ2n) is 6.81. The third-order valence-electron chi connectivity index (χ3n) is 4.60. The van der Waals surface area contributed by atoms with Crippen LogP contribution in [0.25, 0.3) is 0 Å². The molecule has 9 heteroatoms. The number of hydrogen-bond acceptors (Lipinski definition) is 6. The maximum atomic E-state index is 12.4. The largest absolute Gasteiger partial charge is 0.445 e. The van der Waals surface area contributed by atoms with Crippen molar-refractivity contribution >= 4 is 27.5 Å². The van der Waals surface area contributed by atoms with Gasteiger partial charge in [0.2, 0.25) is 10.0 Å². The molecule has 1 unspecified atom stereocenters. The highest BCUT2D eigenvalue weighted by molar-refractivity contribution is 7.89. The highest BCUT2D eigenvalue weighted by Gasteiger charge is 2.33. The van der Waals surface area contributed by atoms with Crippen LogP contribution in [-0.4, -0.2) is 49.3 Å². The van der Waals surface area contributed by atoms with Crippen molar-refractivity contribution in [2.75, 3.05) is 18.8 Å². The number of hydrogen-bond donors (Lipinski definition) is 1. The van der Waals surface area contributed by atoms with Crippen LogP contribution in [0, 0.1) is 6.92 Å². The monoisotopic (exact) mass is 423 g/mol. The normalized spacial score (nSPS) is 17.0. The van der Waals surface area contributed by atoms with E-state index in [1.54, 1.807) is 11.3 Å². The minimum atomic E-state index is -3.49. The van der Waals surface area contributed by atoms with Gasteiger partial charge in [-0.2, -0.15) is 0 Å². The molecule has 1 aromatic heterocycles. The first-order chi connectivity index (χ1) is 13.4. The number of ether oxygens (including phenoxy) is 1. The van der Waals surface area contributed by atoms with Crippen LogP contribution in [0.4, 0.5) is 4.79 Å². The Morgan fingerprint density at radius 1 is 1.36 bits per heavy atom. The number of sulfonamides is 1. The molecule has 1 amide bonds. The van der Waals surface area contributed by atoms with E-state index in [4.69, 9.17) is 4.74 Å². The Kier molecular flexibility index (Phi) is 7.03. The average molecular weight is 424 g/mol. The molecule has 0 saturated carbocycles. The van der Waals surface area contributed by atoms with Gasteiger partial charge in [0.1, 0.15) is 6.61 Å². The molecule has 1 atom stereocenters. The lowest BCUT2D eigenvalue weighted by Crippen LogP contribution is -2.43. The summed E-state index contributed by atoms with van der Waals surface area (Å²) in [4.78, 5) is 18.3. The Balaban J connectivity index is 1.48. The standard InChI is InChI=1S/C19H25N3O4S2/c1-15-21-17(13-27-15)9-10-20-28(24,25)14-18-8-5-11-22(18)19(23)26-12-16-6-3-2-4-7-16/h2-4,6-7,13,18,20H,5,8-12,14H2,1H3. The van der Waals surface area contributed by atoms with Crippen molar-refractivity contribution in [3.63, 3.8) is 0 Å². The first-order valence-electron chi connectivity index (χ1n) is 9.28. The zero-order valence-electron chi connectivity index (χ0n) is 15.8. The van der Waals surface area contributed by atoms with Gasteiger partial charge in [-0.15, -0.1) is 11.3 Å². The molecule has 3 rings (SSSR count). The quantitative estimate of drug-likeness (QED) is 0.705. The van der Waals surface area contributed by atoms with Gasteiger partial charge in [-0.1, -0.05) is 30.3 Å². The van der Waals surface area contributed by atoms with Crippen molar-refractivity contribution < 1.29 is 17.9 Å². The molecule has 28 heavy (non-hydrogen) atoms. The van der Waals surface area contributed by atoms with E-state index in [0.717, 1.165) is 22.7 Å². The summed E-state index contributed by atoms with van der Waals surface area (Å²) in [6, 6.07) is 9.07. The molecule has 7 nitrogen and oxygen atoms in total. The summed E-state index contributed by atoms with van der Waals surface area (Å²) in [6.07, 6.45) is 1.53. The number of amides is 1. The lowest BCUT2D eigenvalue weighted by molar-refractivity contribution is 0.0948. The average Bonchev–Trinajstić information content (AvgIpc) is 3.29.